The van der Waals surface area contributed by atoms with Gasteiger partial charge in [0, 0.05) is 29.6 Å². The van der Waals surface area contributed by atoms with Gasteiger partial charge in [0.15, 0.2) is 0 Å². The molecule has 5 aromatic rings. The minimum absolute atomic E-state index is 0.0324. The second kappa shape index (κ2) is 20.6. The third-order valence-electron chi connectivity index (χ3n) is 6.96. The molecule has 4 aromatic carbocycles. The van der Waals surface area contributed by atoms with Crippen LogP contribution in [0.4, 0.5) is 40.3 Å². The predicted octanol–water partition coefficient (Wildman–Crippen LogP) is 5.85. The van der Waals surface area contributed by atoms with Crippen LogP contribution in [0.25, 0.3) is 10.8 Å². The fourth-order valence-corrected chi connectivity index (χ4v) is 7.01. The molecular formula is C29H29ClN8O16S5. The molecule has 0 unspecified atom stereocenters. The molecule has 0 saturated carbocycles. The van der Waals surface area contributed by atoms with Crippen LogP contribution >= 0.6 is 35.7 Å². The molecule has 59 heavy (non-hydrogen) atoms. The first-order chi connectivity index (χ1) is 27.7. The first-order valence-electron chi connectivity index (χ1n) is 15.4. The van der Waals surface area contributed by atoms with Crippen molar-refractivity contribution in [3.63, 3.8) is 0 Å². The van der Waals surface area contributed by atoms with Crippen molar-refractivity contribution in [1.29, 1.82) is 0 Å². The summed E-state index contributed by atoms with van der Waals surface area (Å²) in [4.78, 5) is 13.9. The van der Waals surface area contributed by atoms with Gasteiger partial charge in [0.2, 0.25) is 17.2 Å². The lowest BCUT2D eigenvalue weighted by molar-refractivity contribution is -0.432. The third-order valence-corrected chi connectivity index (χ3v) is 10.6. The highest BCUT2D eigenvalue weighted by atomic mass is 35.5. The van der Waals surface area contributed by atoms with E-state index >= 15 is 0 Å². The fraction of sp³-hybridized carbons (Fsp3) is 0.138. The van der Waals surface area contributed by atoms with Gasteiger partial charge in [-0.3, -0.25) is 9.11 Å². The van der Waals surface area contributed by atoms with E-state index in [4.69, 9.17) is 32.4 Å². The number of sulfone groups is 1. The van der Waals surface area contributed by atoms with Crippen LogP contribution in [0.5, 0.6) is 5.75 Å². The Kier molecular flexibility index (Phi) is 16.5. The SMILES string of the molecule is CN(c1ccccc1)c1nc(Cl)nc(Nc2ccc(N=Nc3c(N)c(SOOO)cc4cc(SOOO)cc(O)c34)c(S(=O)(=O)O)c2)n1.CS(=O)(=O)CCOS(=O)(=O)O. The number of nitrogens with two attached hydrogens (primary N) is 1. The van der Waals surface area contributed by atoms with Crippen molar-refractivity contribution >= 4 is 117 Å². The van der Waals surface area contributed by atoms with Gasteiger partial charge in [-0.05, 0) is 65.5 Å². The Morgan fingerprint density at radius 2 is 1.58 bits per heavy atom. The zero-order chi connectivity index (χ0) is 43.5. The number of halogens is 1. The summed E-state index contributed by atoms with van der Waals surface area (Å²) in [6, 6.07) is 17.1. The van der Waals surface area contributed by atoms with E-state index in [0.29, 0.717) is 24.1 Å². The maximum absolute atomic E-state index is 12.4. The lowest BCUT2D eigenvalue weighted by atomic mass is 10.1. The van der Waals surface area contributed by atoms with Crippen molar-refractivity contribution in [3.05, 3.63) is 72.0 Å². The molecule has 8 N–H and O–H groups in total. The molecule has 0 aliphatic carbocycles. The molecule has 24 nitrogen and oxygen atoms in total. The van der Waals surface area contributed by atoms with Crippen LogP contribution in [0.1, 0.15) is 0 Å². The Morgan fingerprint density at radius 3 is 2.20 bits per heavy atom. The van der Waals surface area contributed by atoms with E-state index in [1.54, 1.807) is 11.9 Å². The summed E-state index contributed by atoms with van der Waals surface area (Å²) in [7, 11) is -10.9. The van der Waals surface area contributed by atoms with Crippen LogP contribution in [0.2, 0.25) is 5.28 Å². The molecule has 318 valence electrons. The zero-order valence-corrected chi connectivity index (χ0v) is 34.5. The maximum atomic E-state index is 12.4. The number of hydrogen-bond acceptors (Lipinski definition) is 24. The Morgan fingerprint density at radius 1 is 0.898 bits per heavy atom. The monoisotopic (exact) mass is 940 g/mol. The number of hydrogen-bond donors (Lipinski definition) is 7. The summed E-state index contributed by atoms with van der Waals surface area (Å²) in [6.45, 7) is -0.558. The first-order valence-corrected chi connectivity index (χ1v) is 22.1. The number of aromatic nitrogens is 3. The number of para-hydroxylation sites is 1. The van der Waals surface area contributed by atoms with Crippen LogP contribution < -0.4 is 16.0 Å². The molecule has 0 fully saturated rings. The van der Waals surface area contributed by atoms with E-state index in [0.717, 1.165) is 18.0 Å². The minimum Gasteiger partial charge on any atom is -0.507 e. The van der Waals surface area contributed by atoms with Crippen molar-refractivity contribution < 1.29 is 72.9 Å². The van der Waals surface area contributed by atoms with E-state index < -0.39 is 47.6 Å². The van der Waals surface area contributed by atoms with E-state index in [1.165, 1.54) is 30.3 Å². The highest BCUT2D eigenvalue weighted by Crippen LogP contribution is 2.46. The molecule has 0 aliphatic rings. The van der Waals surface area contributed by atoms with E-state index in [-0.39, 0.29) is 66.2 Å². The number of anilines is 5. The summed E-state index contributed by atoms with van der Waals surface area (Å²) in [6.07, 6.45) is 0.931. The number of aromatic hydroxyl groups is 1. The number of rotatable bonds is 17. The van der Waals surface area contributed by atoms with Gasteiger partial charge in [-0.2, -0.15) is 31.8 Å². The quantitative estimate of drug-likeness (QED) is 0.0144. The highest BCUT2D eigenvalue weighted by molar-refractivity contribution is 7.95. The van der Waals surface area contributed by atoms with Gasteiger partial charge in [-0.25, -0.2) is 23.1 Å². The van der Waals surface area contributed by atoms with Crippen LogP contribution in [-0.4, -0.2) is 90.6 Å². The smallest absolute Gasteiger partial charge is 0.397 e. The Bertz CT molecular complexity index is 2620. The molecular weight excluding hydrogens is 912 g/mol. The summed E-state index contributed by atoms with van der Waals surface area (Å²) in [5.41, 5.74) is 6.56. The van der Waals surface area contributed by atoms with Crippen molar-refractivity contribution in [3.8, 4) is 5.75 Å². The number of nitrogens with one attached hydrogen (secondary N) is 1. The first kappa shape index (κ1) is 47.1. The van der Waals surface area contributed by atoms with Gasteiger partial charge in [-0.15, -0.1) is 18.9 Å². The number of phenolic OH excluding ortho intramolecular Hbond substituents is 1. The van der Waals surface area contributed by atoms with Crippen LogP contribution in [0.15, 0.2) is 91.6 Å². The van der Waals surface area contributed by atoms with E-state index in [9.17, 15) is 34.9 Å². The maximum Gasteiger partial charge on any atom is 0.397 e. The second-order valence-corrected chi connectivity index (χ2v) is 17.7. The molecule has 5 rings (SSSR count). The van der Waals surface area contributed by atoms with Crippen LogP contribution in [-0.2, 0) is 53.3 Å². The summed E-state index contributed by atoms with van der Waals surface area (Å²) in [5, 5.41) is 46.3. The number of nitrogens with zero attached hydrogens (tertiary/aromatic N) is 6. The molecule has 0 spiro atoms. The number of nitrogen functional groups attached to an aromatic ring is 1. The van der Waals surface area contributed by atoms with Crippen LogP contribution in [0.3, 0.4) is 0 Å². The molecule has 0 atom stereocenters. The molecule has 0 saturated heterocycles. The predicted molar refractivity (Wildman–Crippen MR) is 212 cm³/mol. The van der Waals surface area contributed by atoms with Crippen molar-refractivity contribution in [2.45, 2.75) is 14.7 Å². The van der Waals surface area contributed by atoms with Gasteiger partial charge < -0.3 is 21.1 Å². The van der Waals surface area contributed by atoms with E-state index in [2.05, 4.69) is 53.4 Å². The van der Waals surface area contributed by atoms with E-state index in [1.807, 2.05) is 30.3 Å². The molecule has 30 heteroatoms. The number of fused-ring (bicyclic) bond motifs is 1. The summed E-state index contributed by atoms with van der Waals surface area (Å²) < 4.78 is 96.0. The zero-order valence-electron chi connectivity index (χ0n) is 29.7. The average Bonchev–Trinajstić information content (AvgIpc) is 3.15. The summed E-state index contributed by atoms with van der Waals surface area (Å²) in [5.74, 6) is -0.647. The number of phenols is 1. The second-order valence-electron chi connectivity index (χ2n) is 11.1. The van der Waals surface area contributed by atoms with Gasteiger partial charge in [-0.1, -0.05) is 28.3 Å². The Hall–Kier alpha value is -4.57. The topological polar surface area (TPSA) is 354 Å². The van der Waals surface area contributed by atoms with Gasteiger partial charge in [0.05, 0.1) is 52.4 Å². The van der Waals surface area contributed by atoms with Gasteiger partial charge in [0.25, 0.3) is 10.1 Å². The third kappa shape index (κ3) is 14.3. The molecule has 0 aliphatic heterocycles. The number of benzene rings is 4. The average molecular weight is 941 g/mol. The lowest BCUT2D eigenvalue weighted by Gasteiger charge is -2.17. The Labute approximate surface area is 347 Å². The largest absolute Gasteiger partial charge is 0.507 e. The summed E-state index contributed by atoms with van der Waals surface area (Å²) >= 11 is 7.18. The number of azo groups is 1. The standard InChI is InChI=1S/C26H21ClN8O10S3.C3H8O6S2/c1-35(15-5-3-2-4-6-15)26-31-24(27)30-25(32-26)29-14-7-8-17(20(11-14)48(39,40)41)33-34-23-21-13(10-19(22(23)28)47-45-43-38)9-16(12-18(21)36)46-44-42-37;1-10(4,5)3-2-9-11(6,7)8/h2-12,36-38H,28H2,1H3,(H,39,40,41)(H,29,30,31,32);2-3H2,1H3,(H,6,7,8). The lowest BCUT2D eigenvalue weighted by Crippen LogP contribution is -2.14. The minimum atomic E-state index is -4.89. The van der Waals surface area contributed by atoms with Gasteiger partial charge in [0.1, 0.15) is 31.9 Å². The van der Waals surface area contributed by atoms with Crippen molar-refractivity contribution in [2.75, 3.05) is 41.6 Å². The fourth-order valence-electron chi connectivity index (χ4n) is 4.51. The highest BCUT2D eigenvalue weighted by Gasteiger charge is 2.21. The van der Waals surface area contributed by atoms with Crippen molar-refractivity contribution in [2.24, 2.45) is 10.2 Å². The molecule has 0 amide bonds. The Balaban J connectivity index is 0.000000612. The molecule has 0 bridgehead atoms. The van der Waals surface area contributed by atoms with Crippen LogP contribution in [0, 0.1) is 0 Å². The van der Waals surface area contributed by atoms with Gasteiger partial charge >= 0.3 is 10.4 Å². The molecule has 1 aromatic heterocycles. The van der Waals surface area contributed by atoms with Crippen molar-refractivity contribution in [1.82, 2.24) is 15.0 Å². The molecule has 0 radical (unpaired) electrons. The normalized spacial score (nSPS) is 12.1. The molecule has 1 heterocycles.